The highest BCUT2D eigenvalue weighted by Gasteiger charge is 2.42. The van der Waals surface area contributed by atoms with Gasteiger partial charge in [-0.25, -0.2) is 8.42 Å². The fourth-order valence-electron chi connectivity index (χ4n) is 2.31. The largest absolute Gasteiger partial charge is 0.466 e. The first kappa shape index (κ1) is 14.4. The fraction of sp³-hybridized carbons (Fsp3) is 0.909. The molecule has 1 heterocycles. The minimum absolute atomic E-state index is 0.0474. The molecule has 0 aromatic heterocycles. The molecule has 1 rings (SSSR count). The van der Waals surface area contributed by atoms with Crippen molar-refractivity contribution in [3.8, 4) is 0 Å². The van der Waals surface area contributed by atoms with Gasteiger partial charge >= 0.3 is 5.97 Å². The molecule has 1 aliphatic heterocycles. The van der Waals surface area contributed by atoms with Crippen molar-refractivity contribution >= 4 is 15.8 Å². The average molecular weight is 263 g/mol. The first-order chi connectivity index (χ1) is 7.81. The Hall–Kier alpha value is -0.620. The molecule has 0 radical (unpaired) electrons. The van der Waals surface area contributed by atoms with Gasteiger partial charge in [-0.3, -0.25) is 4.79 Å². The van der Waals surface area contributed by atoms with E-state index in [-0.39, 0.29) is 23.9 Å². The summed E-state index contributed by atoms with van der Waals surface area (Å²) in [6.45, 7) is 2.08. The summed E-state index contributed by atoms with van der Waals surface area (Å²) in [5.74, 6) is -0.0460. The Morgan fingerprint density at radius 3 is 2.53 bits per heavy atom. The molecule has 17 heavy (non-hydrogen) atoms. The van der Waals surface area contributed by atoms with Crippen molar-refractivity contribution in [1.29, 1.82) is 0 Å². The van der Waals surface area contributed by atoms with Crippen LogP contribution in [0.25, 0.3) is 0 Å². The lowest BCUT2D eigenvalue weighted by Crippen LogP contribution is -2.54. The molecule has 0 saturated carbocycles. The normalized spacial score (nSPS) is 28.0. The standard InChI is InChI=1S/C11H21NO4S/c1-4-16-10(13)8-11(12(2)3)6-5-7-17(14,15)9-11/h4-9H2,1-3H3. The maximum Gasteiger partial charge on any atom is 0.307 e. The SMILES string of the molecule is CCOC(=O)CC1(N(C)C)CCCS(=O)(=O)C1. The molecular weight excluding hydrogens is 242 g/mol. The quantitative estimate of drug-likeness (QED) is 0.689. The molecule has 1 unspecified atom stereocenters. The monoisotopic (exact) mass is 263 g/mol. The average Bonchev–Trinajstić information content (AvgIpc) is 2.15. The topological polar surface area (TPSA) is 63.7 Å². The molecule has 0 spiro atoms. The van der Waals surface area contributed by atoms with Crippen molar-refractivity contribution in [2.45, 2.75) is 31.7 Å². The van der Waals surface area contributed by atoms with Crippen molar-refractivity contribution in [1.82, 2.24) is 4.90 Å². The molecule has 0 aromatic carbocycles. The molecule has 0 bridgehead atoms. The fourth-order valence-corrected chi connectivity index (χ4v) is 4.36. The van der Waals surface area contributed by atoms with Crippen molar-refractivity contribution in [3.63, 3.8) is 0 Å². The number of ether oxygens (including phenoxy) is 1. The third-order valence-corrected chi connectivity index (χ3v) is 5.20. The van der Waals surface area contributed by atoms with Crippen LogP contribution >= 0.6 is 0 Å². The van der Waals surface area contributed by atoms with E-state index in [1.807, 2.05) is 19.0 Å². The van der Waals surface area contributed by atoms with Gasteiger partial charge in [0, 0.05) is 5.54 Å². The van der Waals surface area contributed by atoms with E-state index in [1.165, 1.54) is 0 Å². The lowest BCUT2D eigenvalue weighted by Gasteiger charge is -2.41. The Morgan fingerprint density at radius 1 is 1.41 bits per heavy atom. The smallest absolute Gasteiger partial charge is 0.307 e. The van der Waals surface area contributed by atoms with E-state index >= 15 is 0 Å². The second kappa shape index (κ2) is 5.35. The maximum atomic E-state index is 11.7. The second-order valence-electron chi connectivity index (χ2n) is 4.80. The Bertz CT molecular complexity index is 377. The molecule has 100 valence electrons. The number of hydrogen-bond acceptors (Lipinski definition) is 5. The Labute approximate surface area is 103 Å². The Morgan fingerprint density at radius 2 is 2.06 bits per heavy atom. The van der Waals surface area contributed by atoms with Crippen LogP contribution in [0.5, 0.6) is 0 Å². The van der Waals surface area contributed by atoms with Gasteiger partial charge in [-0.1, -0.05) is 0 Å². The van der Waals surface area contributed by atoms with Gasteiger partial charge in [-0.2, -0.15) is 0 Å². The molecule has 5 nitrogen and oxygen atoms in total. The molecule has 0 amide bonds. The number of sulfone groups is 1. The van der Waals surface area contributed by atoms with Crippen LogP contribution in [0.4, 0.5) is 0 Å². The van der Waals surface area contributed by atoms with E-state index in [0.29, 0.717) is 13.0 Å². The molecule has 1 aliphatic rings. The highest BCUT2D eigenvalue weighted by Crippen LogP contribution is 2.31. The van der Waals surface area contributed by atoms with Crippen molar-refractivity contribution < 1.29 is 17.9 Å². The summed E-state index contributed by atoms with van der Waals surface area (Å²) in [7, 11) is 0.594. The molecule has 0 aromatic rings. The molecule has 0 aliphatic carbocycles. The van der Waals surface area contributed by atoms with Gasteiger partial charge in [0.05, 0.1) is 24.5 Å². The molecule has 1 fully saturated rings. The third kappa shape index (κ3) is 3.67. The molecule has 1 saturated heterocycles. The number of nitrogens with zero attached hydrogens (tertiary/aromatic N) is 1. The first-order valence-corrected chi connectivity index (χ1v) is 7.67. The van der Waals surface area contributed by atoms with Crippen molar-refractivity contribution in [3.05, 3.63) is 0 Å². The zero-order valence-corrected chi connectivity index (χ0v) is 11.5. The Balaban J connectivity index is 2.86. The van der Waals surface area contributed by atoms with Gasteiger partial charge in [0.1, 0.15) is 0 Å². The van der Waals surface area contributed by atoms with Gasteiger partial charge in [-0.15, -0.1) is 0 Å². The summed E-state index contributed by atoms with van der Waals surface area (Å²) in [6.07, 6.45) is 1.48. The van der Waals surface area contributed by atoms with Crippen LogP contribution < -0.4 is 0 Å². The zero-order valence-electron chi connectivity index (χ0n) is 10.7. The molecule has 6 heteroatoms. The van der Waals surface area contributed by atoms with Crippen LogP contribution in [0.3, 0.4) is 0 Å². The van der Waals surface area contributed by atoms with E-state index in [9.17, 15) is 13.2 Å². The minimum atomic E-state index is -3.05. The summed E-state index contributed by atoms with van der Waals surface area (Å²) >= 11 is 0. The van der Waals surface area contributed by atoms with Crippen LogP contribution in [0, 0.1) is 0 Å². The summed E-state index contributed by atoms with van der Waals surface area (Å²) in [4.78, 5) is 13.4. The summed E-state index contributed by atoms with van der Waals surface area (Å²) in [5.41, 5.74) is -0.594. The summed E-state index contributed by atoms with van der Waals surface area (Å²) in [5, 5.41) is 0. The molecular formula is C11H21NO4S. The lowest BCUT2D eigenvalue weighted by atomic mass is 9.90. The van der Waals surface area contributed by atoms with E-state index in [2.05, 4.69) is 0 Å². The lowest BCUT2D eigenvalue weighted by molar-refractivity contribution is -0.146. The number of esters is 1. The van der Waals surface area contributed by atoms with Crippen LogP contribution in [-0.4, -0.2) is 57.0 Å². The van der Waals surface area contributed by atoms with E-state index in [1.54, 1.807) is 6.92 Å². The van der Waals surface area contributed by atoms with Crippen LogP contribution in [0.2, 0.25) is 0 Å². The predicted molar refractivity (Wildman–Crippen MR) is 65.6 cm³/mol. The number of hydrogen-bond donors (Lipinski definition) is 0. The van der Waals surface area contributed by atoms with E-state index in [0.717, 1.165) is 6.42 Å². The highest BCUT2D eigenvalue weighted by atomic mass is 32.2. The summed E-state index contributed by atoms with van der Waals surface area (Å²) < 4.78 is 28.4. The number of rotatable bonds is 4. The molecule has 0 N–H and O–H groups in total. The number of carbonyl (C=O) groups is 1. The third-order valence-electron chi connectivity index (χ3n) is 3.31. The predicted octanol–water partition coefficient (Wildman–Crippen LogP) is 0.449. The maximum absolute atomic E-state index is 11.7. The second-order valence-corrected chi connectivity index (χ2v) is 6.98. The minimum Gasteiger partial charge on any atom is -0.466 e. The van der Waals surface area contributed by atoms with Crippen molar-refractivity contribution in [2.75, 3.05) is 32.2 Å². The van der Waals surface area contributed by atoms with Crippen LogP contribution in [-0.2, 0) is 19.4 Å². The highest BCUT2D eigenvalue weighted by molar-refractivity contribution is 7.91. The van der Waals surface area contributed by atoms with E-state index < -0.39 is 15.4 Å². The van der Waals surface area contributed by atoms with Gasteiger partial charge in [-0.05, 0) is 33.9 Å². The van der Waals surface area contributed by atoms with Crippen molar-refractivity contribution in [2.24, 2.45) is 0 Å². The summed E-state index contributed by atoms with van der Waals surface area (Å²) in [6, 6.07) is 0. The Kier molecular flexibility index (Phi) is 4.55. The zero-order chi connectivity index (χ0) is 13.1. The first-order valence-electron chi connectivity index (χ1n) is 5.85. The van der Waals surface area contributed by atoms with Crippen LogP contribution in [0.15, 0.2) is 0 Å². The van der Waals surface area contributed by atoms with Gasteiger partial charge in [0.2, 0.25) is 0 Å². The van der Waals surface area contributed by atoms with Gasteiger partial charge < -0.3 is 9.64 Å². The number of carbonyl (C=O) groups excluding carboxylic acids is 1. The van der Waals surface area contributed by atoms with Gasteiger partial charge in [0.15, 0.2) is 9.84 Å². The van der Waals surface area contributed by atoms with E-state index in [4.69, 9.17) is 4.74 Å². The van der Waals surface area contributed by atoms with Gasteiger partial charge in [0.25, 0.3) is 0 Å². The van der Waals surface area contributed by atoms with Crippen LogP contribution in [0.1, 0.15) is 26.2 Å². The molecule has 1 atom stereocenters.